The zero-order valence-corrected chi connectivity index (χ0v) is 13.4. The zero-order valence-electron chi connectivity index (χ0n) is 13.4. The summed E-state index contributed by atoms with van der Waals surface area (Å²) in [6.45, 7) is 1.75. The van der Waals surface area contributed by atoms with E-state index in [1.807, 2.05) is 0 Å². The van der Waals surface area contributed by atoms with Crippen molar-refractivity contribution in [1.29, 1.82) is 0 Å². The Hall–Kier alpha value is -0.570. The summed E-state index contributed by atoms with van der Waals surface area (Å²) in [6.07, 6.45) is 13.8. The molecule has 3 fully saturated rings. The van der Waals surface area contributed by atoms with Gasteiger partial charge in [0, 0.05) is 18.5 Å². The number of nitrogens with two attached hydrogens (primary N) is 1. The molecule has 2 saturated carbocycles. The second-order valence-electron chi connectivity index (χ2n) is 7.57. The van der Waals surface area contributed by atoms with Gasteiger partial charge in [-0.3, -0.25) is 4.79 Å². The third-order valence-corrected chi connectivity index (χ3v) is 6.29. The van der Waals surface area contributed by atoms with Gasteiger partial charge < -0.3 is 10.6 Å². The van der Waals surface area contributed by atoms with Crippen LogP contribution in [0.15, 0.2) is 0 Å². The van der Waals surface area contributed by atoms with E-state index >= 15 is 0 Å². The number of hydrogen-bond donors (Lipinski definition) is 1. The molecule has 1 saturated heterocycles. The van der Waals surface area contributed by atoms with Gasteiger partial charge in [-0.15, -0.1) is 0 Å². The van der Waals surface area contributed by atoms with Crippen molar-refractivity contribution in [2.45, 2.75) is 76.7 Å². The average molecular weight is 292 g/mol. The Bertz CT molecular complexity index is 357. The van der Waals surface area contributed by atoms with Gasteiger partial charge in [-0.2, -0.15) is 0 Å². The van der Waals surface area contributed by atoms with Crippen LogP contribution in [0.5, 0.6) is 0 Å². The van der Waals surface area contributed by atoms with Crippen LogP contribution in [0.25, 0.3) is 0 Å². The minimum absolute atomic E-state index is 0.336. The lowest BCUT2D eigenvalue weighted by atomic mass is 9.67. The first-order valence-corrected chi connectivity index (χ1v) is 9.30. The van der Waals surface area contributed by atoms with Crippen LogP contribution in [-0.4, -0.2) is 29.9 Å². The maximum absolute atomic E-state index is 12.9. The molecule has 0 aromatic rings. The number of nitrogens with zero attached hydrogens (tertiary/aromatic N) is 1. The molecule has 1 heterocycles. The lowest BCUT2D eigenvalue weighted by Crippen LogP contribution is -2.42. The minimum Gasteiger partial charge on any atom is -0.339 e. The molecular weight excluding hydrogens is 260 g/mol. The maximum Gasteiger partial charge on any atom is 0.225 e. The Labute approximate surface area is 129 Å². The molecule has 3 rings (SSSR count). The van der Waals surface area contributed by atoms with Crippen molar-refractivity contribution in [3.8, 4) is 0 Å². The Morgan fingerprint density at radius 1 is 1.00 bits per heavy atom. The molecule has 3 heteroatoms. The van der Waals surface area contributed by atoms with Crippen LogP contribution in [0, 0.1) is 17.8 Å². The molecule has 0 bridgehead atoms. The van der Waals surface area contributed by atoms with Crippen molar-refractivity contribution in [2.24, 2.45) is 23.5 Å². The fraction of sp³-hybridized carbons (Fsp3) is 0.944. The SMILES string of the molecule is NCCCC1CCCN1C(=O)C1CCC2CCCCC2C1. The van der Waals surface area contributed by atoms with Crippen molar-refractivity contribution in [1.82, 2.24) is 4.90 Å². The van der Waals surface area contributed by atoms with E-state index < -0.39 is 0 Å². The van der Waals surface area contributed by atoms with Gasteiger partial charge in [-0.1, -0.05) is 25.7 Å². The first kappa shape index (κ1) is 15.3. The molecule has 120 valence electrons. The van der Waals surface area contributed by atoms with Gasteiger partial charge in [-0.25, -0.2) is 0 Å². The lowest BCUT2D eigenvalue weighted by Gasteiger charge is -2.40. The van der Waals surface area contributed by atoms with Gasteiger partial charge in [0.15, 0.2) is 0 Å². The zero-order chi connectivity index (χ0) is 14.7. The van der Waals surface area contributed by atoms with Gasteiger partial charge in [0.2, 0.25) is 5.91 Å². The normalized spacial score (nSPS) is 36.5. The Morgan fingerprint density at radius 2 is 1.81 bits per heavy atom. The summed E-state index contributed by atoms with van der Waals surface area (Å²) in [5.41, 5.74) is 5.64. The monoisotopic (exact) mass is 292 g/mol. The van der Waals surface area contributed by atoms with Crippen molar-refractivity contribution < 1.29 is 4.79 Å². The van der Waals surface area contributed by atoms with Crippen LogP contribution in [-0.2, 0) is 4.79 Å². The molecule has 0 aromatic carbocycles. The smallest absolute Gasteiger partial charge is 0.225 e. The number of likely N-dealkylation sites (tertiary alicyclic amines) is 1. The van der Waals surface area contributed by atoms with Crippen LogP contribution in [0.4, 0.5) is 0 Å². The van der Waals surface area contributed by atoms with Gasteiger partial charge in [0.25, 0.3) is 0 Å². The summed E-state index contributed by atoms with van der Waals surface area (Å²) in [7, 11) is 0. The van der Waals surface area contributed by atoms with Crippen molar-refractivity contribution in [2.75, 3.05) is 13.1 Å². The van der Waals surface area contributed by atoms with Gasteiger partial charge in [0.1, 0.15) is 0 Å². The van der Waals surface area contributed by atoms with Gasteiger partial charge in [-0.05, 0) is 63.3 Å². The summed E-state index contributed by atoms with van der Waals surface area (Å²) < 4.78 is 0. The molecule has 2 N–H and O–H groups in total. The van der Waals surface area contributed by atoms with E-state index in [-0.39, 0.29) is 0 Å². The second-order valence-corrected chi connectivity index (χ2v) is 7.57. The molecule has 1 aliphatic heterocycles. The van der Waals surface area contributed by atoms with E-state index in [0.29, 0.717) is 17.9 Å². The lowest BCUT2D eigenvalue weighted by molar-refractivity contribution is -0.138. The summed E-state index contributed by atoms with van der Waals surface area (Å²) >= 11 is 0. The number of carbonyl (C=O) groups excluding carboxylic acids is 1. The van der Waals surface area contributed by atoms with Gasteiger partial charge >= 0.3 is 0 Å². The topological polar surface area (TPSA) is 46.3 Å². The molecule has 1 amide bonds. The molecule has 4 unspecified atom stereocenters. The number of fused-ring (bicyclic) bond motifs is 1. The molecule has 2 aliphatic carbocycles. The number of carbonyl (C=O) groups is 1. The quantitative estimate of drug-likeness (QED) is 0.864. The van der Waals surface area contributed by atoms with Gasteiger partial charge in [0.05, 0.1) is 0 Å². The van der Waals surface area contributed by atoms with Crippen LogP contribution in [0.2, 0.25) is 0 Å². The number of rotatable bonds is 4. The highest BCUT2D eigenvalue weighted by Crippen LogP contribution is 2.43. The average Bonchev–Trinajstić information content (AvgIpc) is 3.00. The minimum atomic E-state index is 0.336. The van der Waals surface area contributed by atoms with Crippen molar-refractivity contribution in [3.63, 3.8) is 0 Å². The van der Waals surface area contributed by atoms with Crippen LogP contribution in [0.3, 0.4) is 0 Å². The molecule has 3 nitrogen and oxygen atoms in total. The maximum atomic E-state index is 12.9. The molecule has 3 aliphatic rings. The van der Waals surface area contributed by atoms with Crippen molar-refractivity contribution in [3.05, 3.63) is 0 Å². The second kappa shape index (κ2) is 7.13. The number of amides is 1. The Morgan fingerprint density at radius 3 is 2.62 bits per heavy atom. The summed E-state index contributed by atoms with van der Waals surface area (Å²) in [5, 5.41) is 0. The fourth-order valence-electron chi connectivity index (χ4n) is 5.11. The fourth-order valence-corrected chi connectivity index (χ4v) is 5.11. The van der Waals surface area contributed by atoms with Crippen LogP contribution < -0.4 is 5.73 Å². The van der Waals surface area contributed by atoms with E-state index in [1.165, 1.54) is 51.4 Å². The Balaban J connectivity index is 1.57. The predicted molar refractivity (Wildman–Crippen MR) is 85.8 cm³/mol. The number of hydrogen-bond acceptors (Lipinski definition) is 2. The highest BCUT2D eigenvalue weighted by Gasteiger charge is 2.38. The van der Waals surface area contributed by atoms with Crippen LogP contribution in [0.1, 0.15) is 70.6 Å². The summed E-state index contributed by atoms with van der Waals surface area (Å²) in [4.78, 5) is 15.2. The van der Waals surface area contributed by atoms with E-state index in [0.717, 1.165) is 44.2 Å². The molecule has 0 spiro atoms. The largest absolute Gasteiger partial charge is 0.339 e. The first-order valence-electron chi connectivity index (χ1n) is 9.30. The van der Waals surface area contributed by atoms with E-state index in [4.69, 9.17) is 5.73 Å². The molecular formula is C18H32N2O. The molecule has 21 heavy (non-hydrogen) atoms. The van der Waals surface area contributed by atoms with E-state index in [9.17, 15) is 4.79 Å². The highest BCUT2D eigenvalue weighted by molar-refractivity contribution is 5.79. The van der Waals surface area contributed by atoms with E-state index in [1.54, 1.807) is 0 Å². The predicted octanol–water partition coefficient (Wildman–Crippen LogP) is 3.32. The Kier molecular flexibility index (Phi) is 5.20. The van der Waals surface area contributed by atoms with Crippen molar-refractivity contribution >= 4 is 5.91 Å². The third-order valence-electron chi connectivity index (χ3n) is 6.29. The molecule has 4 atom stereocenters. The van der Waals surface area contributed by atoms with Crippen LogP contribution >= 0.6 is 0 Å². The third kappa shape index (κ3) is 3.44. The highest BCUT2D eigenvalue weighted by atomic mass is 16.2. The molecule has 0 aromatic heterocycles. The molecule has 0 radical (unpaired) electrons. The first-order chi connectivity index (χ1) is 10.3. The summed E-state index contributed by atoms with van der Waals surface area (Å²) in [6, 6.07) is 0.491. The van der Waals surface area contributed by atoms with E-state index in [2.05, 4.69) is 4.90 Å². The standard InChI is InChI=1S/C18H32N2O/c19-11-3-7-17-8-4-12-20(17)18(21)16-10-9-14-5-1-2-6-15(14)13-16/h14-17H,1-13,19H2. The summed E-state index contributed by atoms with van der Waals surface area (Å²) in [5.74, 6) is 2.61.